The van der Waals surface area contributed by atoms with Gasteiger partial charge in [0.15, 0.2) is 47.6 Å². The second kappa shape index (κ2) is 19.9. The average Bonchev–Trinajstić information content (AvgIpc) is 3.82. The first kappa shape index (κ1) is 47.8. The predicted molar refractivity (Wildman–Crippen MR) is 190 cm³/mol. The third-order valence-electron chi connectivity index (χ3n) is 8.79. The Morgan fingerprint density at radius 2 is 0.679 bits per heavy atom. The lowest BCUT2D eigenvalue weighted by molar-refractivity contribution is -0.177. The van der Waals surface area contributed by atoms with E-state index in [2.05, 4.69) is 0 Å². The highest BCUT2D eigenvalue weighted by Gasteiger charge is 2.60. The maximum atomic E-state index is 13.2. The number of rotatable bonds is 16. The zero-order chi connectivity index (χ0) is 42.2. The van der Waals surface area contributed by atoms with E-state index in [1.165, 1.54) is 9.80 Å². The van der Waals surface area contributed by atoms with Gasteiger partial charge in [0, 0.05) is 26.2 Å². The van der Waals surface area contributed by atoms with E-state index in [-0.39, 0.29) is 65.8 Å². The molecule has 4 aliphatic heterocycles. The first-order valence-electron chi connectivity index (χ1n) is 18.9. The van der Waals surface area contributed by atoms with E-state index in [1.807, 2.05) is 0 Å². The molecule has 4 heterocycles. The quantitative estimate of drug-likeness (QED) is 0.134. The molecule has 4 unspecified atom stereocenters. The highest BCUT2D eigenvalue weighted by Crippen LogP contribution is 2.41. The predicted octanol–water partition coefficient (Wildman–Crippen LogP) is -1.19. The van der Waals surface area contributed by atoms with Crippen molar-refractivity contribution in [2.24, 2.45) is 0 Å². The summed E-state index contributed by atoms with van der Waals surface area (Å²) in [4.78, 5) is 53.4. The third kappa shape index (κ3) is 12.2. The Morgan fingerprint density at radius 3 is 0.911 bits per heavy atom. The molecule has 0 bridgehead atoms. The van der Waals surface area contributed by atoms with Gasteiger partial charge >= 0.3 is 11.9 Å². The number of esters is 2. The Labute approximate surface area is 327 Å². The van der Waals surface area contributed by atoms with Crippen LogP contribution in [0.3, 0.4) is 0 Å². The molecule has 0 aromatic carbocycles. The molecule has 8 atom stereocenters. The Hall–Kier alpha value is -2.60. The van der Waals surface area contributed by atoms with E-state index in [9.17, 15) is 39.6 Å². The Bertz CT molecular complexity index is 1220. The second-order valence-electron chi connectivity index (χ2n) is 15.1. The summed E-state index contributed by atoms with van der Waals surface area (Å²) in [6.45, 7) is 15.8. The zero-order valence-corrected chi connectivity index (χ0v) is 34.1. The lowest BCUT2D eigenvalue weighted by Gasteiger charge is -2.30. The van der Waals surface area contributed by atoms with Crippen LogP contribution >= 0.6 is 0 Å². The zero-order valence-electron chi connectivity index (χ0n) is 34.1. The molecule has 0 aliphatic carbocycles. The van der Waals surface area contributed by atoms with Gasteiger partial charge in [0.05, 0.1) is 39.6 Å². The van der Waals surface area contributed by atoms with Gasteiger partial charge in [-0.2, -0.15) is 0 Å². The number of nitrogens with zero attached hydrogens (tertiary/aromatic N) is 2. The third-order valence-corrected chi connectivity index (χ3v) is 8.79. The van der Waals surface area contributed by atoms with E-state index < -0.39 is 95.7 Å². The van der Waals surface area contributed by atoms with Crippen molar-refractivity contribution in [1.82, 2.24) is 9.80 Å². The minimum atomic E-state index is -1.18. The SMILES string of the molecule is CC1(C)OC(C2OC(C)(C)O[C@H]2C(=O)N(CCO)CCO)[C@@H](C(=O)N(CCO)CCO)O1.CCOC(=O)[C@H]1OC(C)(C)OC1C1OC(C)(C)O[C@H]1C(=O)OCC. The van der Waals surface area contributed by atoms with Crippen LogP contribution in [-0.2, 0) is 66.5 Å². The Morgan fingerprint density at radius 1 is 0.446 bits per heavy atom. The van der Waals surface area contributed by atoms with Crippen LogP contribution < -0.4 is 0 Å². The number of ether oxygens (including phenoxy) is 10. The van der Waals surface area contributed by atoms with Crippen LogP contribution in [-0.4, -0.2) is 192 Å². The largest absolute Gasteiger partial charge is 0.464 e. The van der Waals surface area contributed by atoms with E-state index >= 15 is 0 Å². The van der Waals surface area contributed by atoms with E-state index in [4.69, 9.17) is 47.4 Å². The molecular weight excluding hydrogens is 748 g/mol. The maximum Gasteiger partial charge on any atom is 0.338 e. The van der Waals surface area contributed by atoms with E-state index in [0.717, 1.165) is 0 Å². The maximum absolute atomic E-state index is 13.2. The Kier molecular flexibility index (Phi) is 17.0. The minimum Gasteiger partial charge on any atom is -0.464 e. The topological polar surface area (TPSA) is 248 Å². The number of hydrogen-bond acceptors (Lipinski definition) is 18. The number of carbonyl (C=O) groups excluding carboxylic acids is 4. The molecule has 0 aromatic heterocycles. The van der Waals surface area contributed by atoms with Crippen molar-refractivity contribution >= 4 is 23.8 Å². The van der Waals surface area contributed by atoms with Crippen LogP contribution in [0.4, 0.5) is 0 Å². The van der Waals surface area contributed by atoms with Crippen LogP contribution in [0.25, 0.3) is 0 Å². The van der Waals surface area contributed by atoms with Gasteiger partial charge in [0.2, 0.25) is 0 Å². The van der Waals surface area contributed by atoms with Gasteiger partial charge in [-0.15, -0.1) is 0 Å². The molecule has 2 amide bonds. The molecule has 324 valence electrons. The highest BCUT2D eigenvalue weighted by molar-refractivity contribution is 5.84. The van der Waals surface area contributed by atoms with Crippen LogP contribution in [0.2, 0.25) is 0 Å². The second-order valence-corrected chi connectivity index (χ2v) is 15.1. The number of hydrogen-bond donors (Lipinski definition) is 4. The molecule has 20 nitrogen and oxygen atoms in total. The summed E-state index contributed by atoms with van der Waals surface area (Å²) in [5.74, 6) is -6.55. The van der Waals surface area contributed by atoms with Crippen LogP contribution in [0, 0.1) is 0 Å². The molecule has 56 heavy (non-hydrogen) atoms. The molecule has 4 aliphatic rings. The minimum absolute atomic E-state index is 0.0109. The number of aliphatic hydroxyl groups excluding tert-OH is 4. The standard InChI is InChI=1S/C20H36N2O10.C16H26O8/c1-19(2)29-13(15(31-19)17(27)21(5-9-23)6-10-24)14-16(32-20(3,4)30-14)18(28)22(7-11-25)8-12-26;1-7-19-13(17)11-9(21-15(3,4)23-11)10-12(14(18)20-8-2)24-16(5,6)22-10/h13-16,23-26H,5-12H2,1-4H3;9-12H,7-8H2,1-6H3/t13?,14?,15-,16+;9?,10?,11-,12+. The first-order valence-corrected chi connectivity index (χ1v) is 18.9. The molecule has 4 saturated heterocycles. The summed E-state index contributed by atoms with van der Waals surface area (Å²) in [6, 6.07) is 0. The summed E-state index contributed by atoms with van der Waals surface area (Å²) in [6.07, 6.45) is -8.14. The van der Waals surface area contributed by atoms with Gasteiger partial charge in [-0.05, 0) is 69.2 Å². The van der Waals surface area contributed by atoms with Crippen LogP contribution in [0.15, 0.2) is 0 Å². The number of aliphatic hydroxyl groups is 4. The molecule has 4 rings (SSSR count). The molecule has 4 fully saturated rings. The fraction of sp³-hybridized carbons (Fsp3) is 0.889. The Balaban J connectivity index is 0.000000313. The van der Waals surface area contributed by atoms with Crippen molar-refractivity contribution in [2.75, 3.05) is 65.8 Å². The van der Waals surface area contributed by atoms with Crippen LogP contribution in [0.5, 0.6) is 0 Å². The number of carbonyl (C=O) groups is 4. The first-order chi connectivity index (χ1) is 26.1. The van der Waals surface area contributed by atoms with Gasteiger partial charge in [-0.1, -0.05) is 0 Å². The van der Waals surface area contributed by atoms with Crippen molar-refractivity contribution in [2.45, 2.75) is 141 Å². The molecule has 20 heteroatoms. The van der Waals surface area contributed by atoms with Gasteiger partial charge in [0.1, 0.15) is 24.4 Å². The van der Waals surface area contributed by atoms with Crippen LogP contribution in [0.1, 0.15) is 69.2 Å². The average molecular weight is 811 g/mol. The normalized spacial score (nSPS) is 31.0. The van der Waals surface area contributed by atoms with Gasteiger partial charge in [-0.3, -0.25) is 9.59 Å². The summed E-state index contributed by atoms with van der Waals surface area (Å²) in [7, 11) is 0. The van der Waals surface area contributed by atoms with Crippen molar-refractivity contribution in [3.63, 3.8) is 0 Å². The van der Waals surface area contributed by atoms with Crippen molar-refractivity contribution in [3.05, 3.63) is 0 Å². The molecule has 0 aromatic rings. The summed E-state index contributed by atoms with van der Waals surface area (Å²) < 4.78 is 56.7. The van der Waals surface area contributed by atoms with Gasteiger partial charge < -0.3 is 77.6 Å². The highest BCUT2D eigenvalue weighted by atomic mass is 16.8. The van der Waals surface area contributed by atoms with E-state index in [0.29, 0.717) is 0 Å². The number of amides is 2. The molecule has 4 N–H and O–H groups in total. The molecule has 0 spiro atoms. The summed E-state index contributed by atoms with van der Waals surface area (Å²) in [5, 5.41) is 37.2. The fourth-order valence-electron chi connectivity index (χ4n) is 6.82. The molecule has 0 radical (unpaired) electrons. The van der Waals surface area contributed by atoms with Crippen molar-refractivity contribution < 1.29 is 87.0 Å². The lowest BCUT2D eigenvalue weighted by atomic mass is 10.0. The smallest absolute Gasteiger partial charge is 0.338 e. The lowest BCUT2D eigenvalue weighted by Crippen LogP contribution is -2.54. The van der Waals surface area contributed by atoms with Crippen molar-refractivity contribution in [3.8, 4) is 0 Å². The molecule has 0 saturated carbocycles. The van der Waals surface area contributed by atoms with Crippen molar-refractivity contribution in [1.29, 1.82) is 0 Å². The molecular formula is C36H62N2O18. The van der Waals surface area contributed by atoms with Gasteiger partial charge in [0.25, 0.3) is 11.8 Å². The monoisotopic (exact) mass is 810 g/mol. The fourth-order valence-corrected chi connectivity index (χ4v) is 6.82. The van der Waals surface area contributed by atoms with Gasteiger partial charge in [-0.25, -0.2) is 9.59 Å². The summed E-state index contributed by atoms with van der Waals surface area (Å²) >= 11 is 0. The summed E-state index contributed by atoms with van der Waals surface area (Å²) in [5.41, 5.74) is 0. The van der Waals surface area contributed by atoms with E-state index in [1.54, 1.807) is 69.2 Å².